The van der Waals surface area contributed by atoms with Crippen LogP contribution in [0.2, 0.25) is 0 Å². The summed E-state index contributed by atoms with van der Waals surface area (Å²) in [5, 5.41) is 0. The molecule has 0 saturated carbocycles. The Hall–Kier alpha value is -2.59. The summed E-state index contributed by atoms with van der Waals surface area (Å²) in [5.74, 6) is 0.710. The van der Waals surface area contributed by atoms with Gasteiger partial charge in [0.25, 0.3) is 0 Å². The van der Waals surface area contributed by atoms with Crippen LogP contribution in [0.15, 0.2) is 66.9 Å². The zero-order valence-electron chi connectivity index (χ0n) is 15.6. The smallest absolute Gasteiger partial charge is 0.123 e. The van der Waals surface area contributed by atoms with Gasteiger partial charge < -0.3 is 9.30 Å². The summed E-state index contributed by atoms with van der Waals surface area (Å²) in [6.45, 7) is 5.53. The molecule has 140 valence electrons. The van der Waals surface area contributed by atoms with Crippen molar-refractivity contribution in [2.45, 2.75) is 32.5 Å². The summed E-state index contributed by atoms with van der Waals surface area (Å²) < 4.78 is 21.4. The molecule has 0 radical (unpaired) electrons. The molecule has 0 aliphatic carbocycles. The second kappa shape index (κ2) is 7.97. The molecule has 4 heteroatoms. The quantitative estimate of drug-likeness (QED) is 0.632. The van der Waals surface area contributed by atoms with Crippen molar-refractivity contribution in [1.82, 2.24) is 9.47 Å². The summed E-state index contributed by atoms with van der Waals surface area (Å²) in [7, 11) is 0. The Morgan fingerprint density at radius 3 is 2.52 bits per heavy atom. The van der Waals surface area contributed by atoms with Gasteiger partial charge >= 0.3 is 0 Å². The van der Waals surface area contributed by atoms with Gasteiger partial charge in [0.05, 0.1) is 12.6 Å². The molecule has 1 aromatic heterocycles. The second-order valence-corrected chi connectivity index (χ2v) is 6.98. The number of fused-ring (bicyclic) bond motifs is 1. The molecular weight excluding hydrogens is 339 g/mol. The van der Waals surface area contributed by atoms with Crippen LogP contribution in [0.5, 0.6) is 5.75 Å². The van der Waals surface area contributed by atoms with E-state index < -0.39 is 0 Å². The summed E-state index contributed by atoms with van der Waals surface area (Å²) in [6.07, 6.45) is 3.24. The zero-order valence-corrected chi connectivity index (χ0v) is 15.6. The third kappa shape index (κ3) is 3.91. The molecule has 0 spiro atoms. The molecule has 3 aromatic rings. The maximum Gasteiger partial charge on any atom is 0.123 e. The molecule has 0 fully saturated rings. The molecule has 0 amide bonds. The van der Waals surface area contributed by atoms with Gasteiger partial charge in [-0.05, 0) is 60.9 Å². The molecule has 2 heterocycles. The van der Waals surface area contributed by atoms with Crippen molar-refractivity contribution in [3.63, 3.8) is 0 Å². The van der Waals surface area contributed by atoms with Crippen molar-refractivity contribution >= 4 is 0 Å². The number of aromatic nitrogens is 1. The number of benzene rings is 2. The largest absolute Gasteiger partial charge is 0.494 e. The predicted octanol–water partition coefficient (Wildman–Crippen LogP) is 5.02. The van der Waals surface area contributed by atoms with E-state index in [4.69, 9.17) is 4.74 Å². The van der Waals surface area contributed by atoms with Crippen LogP contribution in [0, 0.1) is 5.82 Å². The van der Waals surface area contributed by atoms with Gasteiger partial charge in [-0.25, -0.2) is 4.39 Å². The molecule has 1 aliphatic rings. The van der Waals surface area contributed by atoms with Gasteiger partial charge in [-0.2, -0.15) is 0 Å². The first-order chi connectivity index (χ1) is 13.2. The minimum atomic E-state index is -0.194. The minimum Gasteiger partial charge on any atom is -0.494 e. The minimum absolute atomic E-state index is 0.120. The molecule has 0 unspecified atom stereocenters. The van der Waals surface area contributed by atoms with E-state index in [-0.39, 0.29) is 11.9 Å². The molecule has 1 aliphatic heterocycles. The van der Waals surface area contributed by atoms with E-state index in [2.05, 4.69) is 39.9 Å². The third-order valence-electron chi connectivity index (χ3n) is 5.16. The van der Waals surface area contributed by atoms with Gasteiger partial charge in [-0.1, -0.05) is 24.3 Å². The lowest BCUT2D eigenvalue weighted by atomic mass is 10.0. The third-order valence-corrected chi connectivity index (χ3v) is 5.16. The molecule has 0 N–H and O–H groups in total. The summed E-state index contributed by atoms with van der Waals surface area (Å²) in [5.41, 5.74) is 3.65. The lowest BCUT2D eigenvalue weighted by Crippen LogP contribution is -2.29. The van der Waals surface area contributed by atoms with Crippen LogP contribution in [-0.4, -0.2) is 22.6 Å². The number of aryl methyl sites for hydroxylation is 1. The Morgan fingerprint density at radius 2 is 1.78 bits per heavy atom. The van der Waals surface area contributed by atoms with Crippen LogP contribution in [0.4, 0.5) is 4.39 Å². The van der Waals surface area contributed by atoms with Gasteiger partial charge in [0.1, 0.15) is 11.6 Å². The van der Waals surface area contributed by atoms with E-state index in [0.717, 1.165) is 37.4 Å². The monoisotopic (exact) mass is 364 g/mol. The van der Waals surface area contributed by atoms with E-state index in [9.17, 15) is 4.39 Å². The highest BCUT2D eigenvalue weighted by Crippen LogP contribution is 2.33. The van der Waals surface area contributed by atoms with E-state index in [1.165, 1.54) is 11.3 Å². The molecule has 27 heavy (non-hydrogen) atoms. The van der Waals surface area contributed by atoms with Crippen LogP contribution in [0.25, 0.3) is 0 Å². The molecule has 1 atom stereocenters. The van der Waals surface area contributed by atoms with E-state index in [0.29, 0.717) is 6.61 Å². The summed E-state index contributed by atoms with van der Waals surface area (Å²) >= 11 is 0. The van der Waals surface area contributed by atoms with Gasteiger partial charge in [-0.3, -0.25) is 4.90 Å². The number of rotatable bonds is 5. The maximum atomic E-state index is 13.5. The van der Waals surface area contributed by atoms with Gasteiger partial charge in [0.15, 0.2) is 0 Å². The van der Waals surface area contributed by atoms with Crippen molar-refractivity contribution < 1.29 is 9.13 Å². The lowest BCUT2D eigenvalue weighted by molar-refractivity contribution is 0.220. The lowest BCUT2D eigenvalue weighted by Gasteiger charge is -2.30. The standard InChI is InChI=1S/C23H25FN2O/c1-2-27-21-12-6-18(7-13-21)17-26-16-4-15-25-14-3-5-22(25)23(26)19-8-10-20(24)11-9-19/h3,5-14,23H,2,4,15-17H2,1H3/t23-/m1/s1. The average molecular weight is 364 g/mol. The number of hydrogen-bond acceptors (Lipinski definition) is 2. The van der Waals surface area contributed by atoms with E-state index in [1.807, 2.05) is 31.2 Å². The fourth-order valence-electron chi connectivity index (χ4n) is 3.93. The van der Waals surface area contributed by atoms with Gasteiger partial charge in [0.2, 0.25) is 0 Å². The molecule has 4 rings (SSSR count). The molecule has 0 saturated heterocycles. The van der Waals surface area contributed by atoms with Gasteiger partial charge in [-0.15, -0.1) is 0 Å². The van der Waals surface area contributed by atoms with Crippen LogP contribution in [0.3, 0.4) is 0 Å². The highest BCUT2D eigenvalue weighted by atomic mass is 19.1. The Balaban J connectivity index is 1.65. The van der Waals surface area contributed by atoms with E-state index >= 15 is 0 Å². The SMILES string of the molecule is CCOc1ccc(CN2CCCn3cccc3[C@H]2c2ccc(F)cc2)cc1. The van der Waals surface area contributed by atoms with Crippen LogP contribution in [0.1, 0.15) is 36.2 Å². The second-order valence-electron chi connectivity index (χ2n) is 6.98. The van der Waals surface area contributed by atoms with Crippen molar-refractivity contribution in [2.24, 2.45) is 0 Å². The predicted molar refractivity (Wildman–Crippen MR) is 105 cm³/mol. The number of hydrogen-bond donors (Lipinski definition) is 0. The molecule has 0 bridgehead atoms. The Bertz CT molecular complexity index is 870. The highest BCUT2D eigenvalue weighted by molar-refractivity contribution is 5.31. The number of ether oxygens (including phenoxy) is 1. The van der Waals surface area contributed by atoms with Crippen LogP contribution >= 0.6 is 0 Å². The molecule has 2 aromatic carbocycles. The highest BCUT2D eigenvalue weighted by Gasteiger charge is 2.27. The first-order valence-electron chi connectivity index (χ1n) is 9.61. The average Bonchev–Trinajstić information content (AvgIpc) is 3.06. The van der Waals surface area contributed by atoms with Crippen LogP contribution < -0.4 is 4.74 Å². The van der Waals surface area contributed by atoms with E-state index in [1.54, 1.807) is 12.1 Å². The fourth-order valence-corrected chi connectivity index (χ4v) is 3.93. The number of halogens is 1. The van der Waals surface area contributed by atoms with Crippen molar-refractivity contribution in [1.29, 1.82) is 0 Å². The normalized spacial score (nSPS) is 17.3. The van der Waals surface area contributed by atoms with Crippen molar-refractivity contribution in [2.75, 3.05) is 13.2 Å². The van der Waals surface area contributed by atoms with Crippen LogP contribution in [-0.2, 0) is 13.1 Å². The van der Waals surface area contributed by atoms with Gasteiger partial charge in [0, 0.05) is 31.5 Å². The summed E-state index contributed by atoms with van der Waals surface area (Å²) in [6, 6.07) is 19.7. The summed E-state index contributed by atoms with van der Waals surface area (Å²) in [4.78, 5) is 2.49. The Kier molecular flexibility index (Phi) is 5.26. The Morgan fingerprint density at radius 1 is 1.00 bits per heavy atom. The maximum absolute atomic E-state index is 13.5. The Labute approximate surface area is 160 Å². The fraction of sp³-hybridized carbons (Fsp3) is 0.304. The van der Waals surface area contributed by atoms with Crippen molar-refractivity contribution in [3.8, 4) is 5.75 Å². The topological polar surface area (TPSA) is 17.4 Å². The first kappa shape index (κ1) is 17.8. The molecular formula is C23H25FN2O. The number of nitrogens with zero attached hydrogens (tertiary/aromatic N) is 2. The van der Waals surface area contributed by atoms with Crippen molar-refractivity contribution in [3.05, 3.63) is 89.5 Å². The zero-order chi connectivity index (χ0) is 18.6. The first-order valence-corrected chi connectivity index (χ1v) is 9.61. The molecule has 3 nitrogen and oxygen atoms in total.